The van der Waals surface area contributed by atoms with E-state index >= 15 is 0 Å². The summed E-state index contributed by atoms with van der Waals surface area (Å²) in [5, 5.41) is 16.1. The number of carbonyl (C=O) groups excluding carboxylic acids is 3. The summed E-state index contributed by atoms with van der Waals surface area (Å²) in [6.45, 7) is 3.82. The second-order valence-electron chi connectivity index (χ2n) is 6.46. The number of thioether (sulfide) groups is 1. The number of phenols is 1. The molecule has 0 aliphatic carbocycles. The molecule has 2 aromatic carbocycles. The number of phenolic OH excluding ortho intramolecular Hbond substituents is 1. The second kappa shape index (κ2) is 10.3. The summed E-state index contributed by atoms with van der Waals surface area (Å²) in [6.07, 6.45) is 1.47. The summed E-state index contributed by atoms with van der Waals surface area (Å²) in [5.74, 6) is -1.41. The van der Waals surface area contributed by atoms with Gasteiger partial charge in [0.15, 0.2) is 5.17 Å². The number of para-hydroxylation sites is 1. The molecule has 1 aliphatic heterocycles. The van der Waals surface area contributed by atoms with Gasteiger partial charge in [0.2, 0.25) is 11.8 Å². The van der Waals surface area contributed by atoms with Crippen molar-refractivity contribution >= 4 is 56.3 Å². The van der Waals surface area contributed by atoms with Gasteiger partial charge in [-0.05, 0) is 36.4 Å². The van der Waals surface area contributed by atoms with Crippen LogP contribution in [0.2, 0.25) is 0 Å². The van der Waals surface area contributed by atoms with Crippen molar-refractivity contribution in [2.45, 2.75) is 11.7 Å². The molecule has 0 radical (unpaired) electrons. The SMILES string of the molecule is C=CCN1C(=O)C(CC(=O)Nc2ccc(Br)cc2)S/C1=N/NC(=O)c1ccccc1O. The molecule has 10 heteroatoms. The second-order valence-corrected chi connectivity index (χ2v) is 8.54. The minimum absolute atomic E-state index is 0.0559. The Morgan fingerprint density at radius 2 is 1.94 bits per heavy atom. The fourth-order valence-electron chi connectivity index (χ4n) is 2.76. The molecule has 8 nitrogen and oxygen atoms in total. The van der Waals surface area contributed by atoms with E-state index in [1.54, 1.807) is 36.4 Å². The highest BCUT2D eigenvalue weighted by molar-refractivity contribution is 9.10. The number of rotatable bonds is 7. The number of hydrogen-bond donors (Lipinski definition) is 3. The van der Waals surface area contributed by atoms with Crippen LogP contribution < -0.4 is 10.7 Å². The summed E-state index contributed by atoms with van der Waals surface area (Å²) >= 11 is 4.41. The van der Waals surface area contributed by atoms with Crippen LogP contribution >= 0.6 is 27.7 Å². The predicted molar refractivity (Wildman–Crippen MR) is 124 cm³/mol. The Hall–Kier alpha value is -3.11. The third-order valence-corrected chi connectivity index (χ3v) is 5.94. The Labute approximate surface area is 191 Å². The first-order valence-electron chi connectivity index (χ1n) is 9.19. The zero-order valence-corrected chi connectivity index (χ0v) is 18.6. The zero-order valence-electron chi connectivity index (χ0n) is 16.2. The normalized spacial score (nSPS) is 16.9. The third-order valence-electron chi connectivity index (χ3n) is 4.23. The van der Waals surface area contributed by atoms with Crippen LogP contribution in [0.5, 0.6) is 5.75 Å². The lowest BCUT2D eigenvalue weighted by Crippen LogP contribution is -2.34. The first-order chi connectivity index (χ1) is 14.9. The topological polar surface area (TPSA) is 111 Å². The van der Waals surface area contributed by atoms with Crippen molar-refractivity contribution in [3.63, 3.8) is 0 Å². The van der Waals surface area contributed by atoms with E-state index in [2.05, 4.69) is 38.4 Å². The number of aromatic hydroxyl groups is 1. The Morgan fingerprint density at radius 3 is 2.61 bits per heavy atom. The number of amidine groups is 1. The van der Waals surface area contributed by atoms with Crippen LogP contribution in [-0.2, 0) is 9.59 Å². The number of anilines is 1. The van der Waals surface area contributed by atoms with Gasteiger partial charge in [0, 0.05) is 23.1 Å². The largest absolute Gasteiger partial charge is 0.507 e. The maximum atomic E-state index is 12.7. The number of hydrazone groups is 1. The van der Waals surface area contributed by atoms with Crippen molar-refractivity contribution in [1.29, 1.82) is 0 Å². The van der Waals surface area contributed by atoms with E-state index in [1.807, 2.05) is 0 Å². The maximum Gasteiger partial charge on any atom is 0.275 e. The quantitative estimate of drug-likeness (QED) is 0.397. The number of benzene rings is 2. The van der Waals surface area contributed by atoms with Crippen molar-refractivity contribution in [2.75, 3.05) is 11.9 Å². The van der Waals surface area contributed by atoms with Crippen LogP contribution in [0.4, 0.5) is 5.69 Å². The average Bonchev–Trinajstić information content (AvgIpc) is 3.03. The lowest BCUT2D eigenvalue weighted by Gasteiger charge is -2.13. The molecule has 0 aromatic heterocycles. The van der Waals surface area contributed by atoms with E-state index < -0.39 is 11.2 Å². The molecule has 2 aromatic rings. The van der Waals surface area contributed by atoms with Crippen molar-refractivity contribution in [3.05, 3.63) is 71.2 Å². The van der Waals surface area contributed by atoms with Crippen LogP contribution in [-0.4, -0.2) is 44.7 Å². The lowest BCUT2D eigenvalue weighted by atomic mass is 10.2. The van der Waals surface area contributed by atoms with Gasteiger partial charge in [-0.15, -0.1) is 11.7 Å². The Kier molecular flexibility index (Phi) is 7.48. The Balaban J connectivity index is 1.67. The molecule has 3 rings (SSSR count). The predicted octanol–water partition coefficient (Wildman–Crippen LogP) is 3.31. The van der Waals surface area contributed by atoms with E-state index in [9.17, 15) is 19.5 Å². The zero-order chi connectivity index (χ0) is 22.4. The molecule has 1 heterocycles. The van der Waals surface area contributed by atoms with Crippen LogP contribution in [0.25, 0.3) is 0 Å². The van der Waals surface area contributed by atoms with Crippen LogP contribution in [0.1, 0.15) is 16.8 Å². The molecule has 1 unspecified atom stereocenters. The number of amides is 3. The Bertz CT molecular complexity index is 1040. The molecule has 31 heavy (non-hydrogen) atoms. The minimum atomic E-state index is -0.684. The van der Waals surface area contributed by atoms with Gasteiger partial charge in [0.25, 0.3) is 5.91 Å². The van der Waals surface area contributed by atoms with Gasteiger partial charge < -0.3 is 10.4 Å². The van der Waals surface area contributed by atoms with Crippen LogP contribution in [0, 0.1) is 0 Å². The first-order valence-corrected chi connectivity index (χ1v) is 10.9. The summed E-state index contributed by atoms with van der Waals surface area (Å²) in [5.41, 5.74) is 3.02. The summed E-state index contributed by atoms with van der Waals surface area (Å²) in [6, 6.07) is 13.1. The van der Waals surface area contributed by atoms with Crippen molar-refractivity contribution < 1.29 is 19.5 Å². The number of hydrogen-bond acceptors (Lipinski definition) is 6. The fraction of sp³-hybridized carbons (Fsp3) is 0.143. The fourth-order valence-corrected chi connectivity index (χ4v) is 4.13. The summed E-state index contributed by atoms with van der Waals surface area (Å²) in [4.78, 5) is 38.8. The number of nitrogens with one attached hydrogen (secondary N) is 2. The van der Waals surface area contributed by atoms with E-state index in [0.29, 0.717) is 5.69 Å². The highest BCUT2D eigenvalue weighted by atomic mass is 79.9. The highest BCUT2D eigenvalue weighted by Crippen LogP contribution is 2.30. The molecule has 0 spiro atoms. The molecule has 1 atom stereocenters. The molecule has 0 bridgehead atoms. The van der Waals surface area contributed by atoms with Crippen LogP contribution in [0.3, 0.4) is 0 Å². The number of halogens is 1. The molecule has 3 N–H and O–H groups in total. The third kappa shape index (κ3) is 5.74. The molecule has 3 amide bonds. The standard InChI is InChI=1S/C21H19BrN4O4S/c1-2-11-26-20(30)17(12-18(28)23-14-9-7-13(22)8-10-14)31-21(26)25-24-19(29)15-5-3-4-6-16(15)27/h2-10,17,27H,1,11-12H2,(H,23,28)(H,24,29)/b25-21+. The van der Waals surface area contributed by atoms with Gasteiger partial charge in [-0.1, -0.05) is 45.9 Å². The van der Waals surface area contributed by atoms with Gasteiger partial charge in [0.1, 0.15) is 11.0 Å². The van der Waals surface area contributed by atoms with Crippen molar-refractivity contribution in [2.24, 2.45) is 5.10 Å². The van der Waals surface area contributed by atoms with Gasteiger partial charge in [-0.25, -0.2) is 5.43 Å². The Morgan fingerprint density at radius 1 is 1.23 bits per heavy atom. The van der Waals surface area contributed by atoms with Gasteiger partial charge in [-0.3, -0.25) is 19.3 Å². The van der Waals surface area contributed by atoms with E-state index in [1.165, 1.54) is 23.1 Å². The van der Waals surface area contributed by atoms with E-state index in [4.69, 9.17) is 0 Å². The molecule has 0 saturated carbocycles. The van der Waals surface area contributed by atoms with Gasteiger partial charge in [0.05, 0.1) is 5.56 Å². The first kappa shape index (κ1) is 22.6. The monoisotopic (exact) mass is 502 g/mol. The summed E-state index contributed by atoms with van der Waals surface area (Å²) in [7, 11) is 0. The van der Waals surface area contributed by atoms with E-state index in [-0.39, 0.29) is 41.3 Å². The molecule has 160 valence electrons. The number of carbonyl (C=O) groups is 3. The van der Waals surface area contributed by atoms with Gasteiger partial charge in [-0.2, -0.15) is 0 Å². The molecule has 1 saturated heterocycles. The van der Waals surface area contributed by atoms with Crippen molar-refractivity contribution in [1.82, 2.24) is 10.3 Å². The number of nitrogens with zero attached hydrogens (tertiary/aromatic N) is 2. The smallest absolute Gasteiger partial charge is 0.275 e. The molecule has 1 aliphatic rings. The van der Waals surface area contributed by atoms with Gasteiger partial charge >= 0.3 is 0 Å². The lowest BCUT2D eigenvalue weighted by molar-refractivity contribution is -0.127. The summed E-state index contributed by atoms with van der Waals surface area (Å²) < 4.78 is 0.888. The maximum absolute atomic E-state index is 12.7. The highest BCUT2D eigenvalue weighted by Gasteiger charge is 2.38. The van der Waals surface area contributed by atoms with Crippen LogP contribution in [0.15, 0.2) is 70.8 Å². The average molecular weight is 503 g/mol. The molecular weight excluding hydrogens is 484 g/mol. The molecule has 1 fully saturated rings. The molecular formula is C21H19BrN4O4S. The van der Waals surface area contributed by atoms with E-state index in [0.717, 1.165) is 16.2 Å². The van der Waals surface area contributed by atoms with Crippen molar-refractivity contribution in [3.8, 4) is 5.75 Å². The minimum Gasteiger partial charge on any atom is -0.507 e.